The van der Waals surface area contributed by atoms with Gasteiger partial charge >= 0.3 is 0 Å². The predicted octanol–water partition coefficient (Wildman–Crippen LogP) is 2.62. The lowest BCUT2D eigenvalue weighted by molar-refractivity contribution is 0.628. The molecule has 2 atom stereocenters. The van der Waals surface area contributed by atoms with Gasteiger partial charge in [0.05, 0.1) is 11.4 Å². The molecule has 0 spiro atoms. The maximum atomic E-state index is 12.9. The van der Waals surface area contributed by atoms with Gasteiger partial charge < -0.3 is 11.1 Å². The van der Waals surface area contributed by atoms with Crippen LogP contribution in [0, 0.1) is 11.7 Å². The SMILES string of the molecule is CCC1CC1Nc1cc(F)ccc1N. The molecule has 3 heteroatoms. The molecule has 0 heterocycles. The lowest BCUT2D eigenvalue weighted by Gasteiger charge is -2.08. The smallest absolute Gasteiger partial charge is 0.125 e. The highest BCUT2D eigenvalue weighted by Crippen LogP contribution is 2.37. The first-order chi connectivity index (χ1) is 6.70. The van der Waals surface area contributed by atoms with E-state index in [2.05, 4.69) is 12.2 Å². The maximum Gasteiger partial charge on any atom is 0.125 e. The number of benzene rings is 1. The van der Waals surface area contributed by atoms with Gasteiger partial charge in [-0.1, -0.05) is 13.3 Å². The topological polar surface area (TPSA) is 38.0 Å². The van der Waals surface area contributed by atoms with Crippen molar-refractivity contribution in [1.82, 2.24) is 0 Å². The van der Waals surface area contributed by atoms with E-state index in [0.29, 0.717) is 11.7 Å². The van der Waals surface area contributed by atoms with Gasteiger partial charge in [-0.05, 0) is 30.5 Å². The van der Waals surface area contributed by atoms with Crippen LogP contribution in [0.2, 0.25) is 0 Å². The number of nitrogens with two attached hydrogens (primary N) is 1. The molecule has 3 N–H and O–H groups in total. The Kier molecular flexibility index (Phi) is 2.32. The third-order valence-corrected chi connectivity index (χ3v) is 2.80. The summed E-state index contributed by atoms with van der Waals surface area (Å²) in [5.74, 6) is 0.494. The van der Waals surface area contributed by atoms with Crippen LogP contribution < -0.4 is 11.1 Å². The highest BCUT2D eigenvalue weighted by molar-refractivity contribution is 5.66. The summed E-state index contributed by atoms with van der Waals surface area (Å²) in [7, 11) is 0. The second kappa shape index (κ2) is 3.48. The lowest BCUT2D eigenvalue weighted by Crippen LogP contribution is -2.06. The lowest BCUT2D eigenvalue weighted by atomic mass is 10.2. The Balaban J connectivity index is 2.06. The van der Waals surface area contributed by atoms with Gasteiger partial charge in [0.2, 0.25) is 0 Å². The van der Waals surface area contributed by atoms with Crippen LogP contribution in [0.1, 0.15) is 19.8 Å². The van der Waals surface area contributed by atoms with Gasteiger partial charge in [0.1, 0.15) is 5.82 Å². The maximum absolute atomic E-state index is 12.9. The molecule has 0 radical (unpaired) electrons. The van der Waals surface area contributed by atoms with E-state index in [1.54, 1.807) is 6.07 Å². The van der Waals surface area contributed by atoms with Crippen LogP contribution in [-0.4, -0.2) is 6.04 Å². The Morgan fingerprint density at radius 1 is 1.57 bits per heavy atom. The van der Waals surface area contributed by atoms with Crippen molar-refractivity contribution in [1.29, 1.82) is 0 Å². The van der Waals surface area contributed by atoms with Crippen molar-refractivity contribution >= 4 is 11.4 Å². The number of halogens is 1. The molecule has 1 aliphatic rings. The fourth-order valence-corrected chi connectivity index (χ4v) is 1.73. The summed E-state index contributed by atoms with van der Waals surface area (Å²) >= 11 is 0. The molecule has 2 rings (SSSR count). The summed E-state index contributed by atoms with van der Waals surface area (Å²) in [6.45, 7) is 2.17. The molecule has 76 valence electrons. The number of hydrogen-bond acceptors (Lipinski definition) is 2. The molecule has 0 aliphatic heterocycles. The standard InChI is InChI=1S/C11H15FN2/c1-2-7-5-10(7)14-11-6-8(12)3-4-9(11)13/h3-4,6-7,10,14H,2,5,13H2,1H3. The quantitative estimate of drug-likeness (QED) is 0.726. The zero-order valence-electron chi connectivity index (χ0n) is 8.26. The summed E-state index contributed by atoms with van der Waals surface area (Å²) in [6.07, 6.45) is 2.35. The second-order valence-electron chi connectivity index (χ2n) is 3.89. The number of hydrogen-bond donors (Lipinski definition) is 2. The minimum Gasteiger partial charge on any atom is -0.397 e. The molecule has 0 aromatic heterocycles. The Hall–Kier alpha value is -1.25. The van der Waals surface area contributed by atoms with Crippen LogP contribution in [0.3, 0.4) is 0 Å². The molecule has 1 aromatic rings. The van der Waals surface area contributed by atoms with E-state index in [-0.39, 0.29) is 5.82 Å². The molecule has 1 saturated carbocycles. The van der Waals surface area contributed by atoms with Gasteiger partial charge in [0.15, 0.2) is 0 Å². The van der Waals surface area contributed by atoms with E-state index in [9.17, 15) is 4.39 Å². The fraction of sp³-hybridized carbons (Fsp3) is 0.455. The molecular formula is C11H15FN2. The number of nitrogens with one attached hydrogen (secondary N) is 1. The molecule has 0 amide bonds. The van der Waals surface area contributed by atoms with E-state index >= 15 is 0 Å². The summed E-state index contributed by atoms with van der Waals surface area (Å²) < 4.78 is 12.9. The summed E-state index contributed by atoms with van der Waals surface area (Å²) in [5, 5.41) is 3.26. The normalized spacial score (nSPS) is 24.7. The Bertz CT molecular complexity index is 338. The highest BCUT2D eigenvalue weighted by atomic mass is 19.1. The Morgan fingerprint density at radius 3 is 3.00 bits per heavy atom. The molecule has 1 aliphatic carbocycles. The molecule has 2 unspecified atom stereocenters. The molecule has 1 fully saturated rings. The third-order valence-electron chi connectivity index (χ3n) is 2.80. The zero-order chi connectivity index (χ0) is 10.1. The van der Waals surface area contributed by atoms with Gasteiger partial charge in [-0.3, -0.25) is 0 Å². The molecule has 1 aromatic carbocycles. The first-order valence-electron chi connectivity index (χ1n) is 5.02. The van der Waals surface area contributed by atoms with E-state index in [1.165, 1.54) is 25.0 Å². The van der Waals surface area contributed by atoms with Gasteiger partial charge in [-0.2, -0.15) is 0 Å². The van der Waals surface area contributed by atoms with E-state index < -0.39 is 0 Å². The van der Waals surface area contributed by atoms with Crippen LogP contribution in [0.25, 0.3) is 0 Å². The third kappa shape index (κ3) is 1.81. The monoisotopic (exact) mass is 194 g/mol. The predicted molar refractivity (Wildman–Crippen MR) is 56.6 cm³/mol. The van der Waals surface area contributed by atoms with Crippen molar-refractivity contribution in [2.24, 2.45) is 5.92 Å². The summed E-state index contributed by atoms with van der Waals surface area (Å²) in [5.41, 5.74) is 7.07. The van der Waals surface area contributed by atoms with Crippen LogP contribution in [-0.2, 0) is 0 Å². The Labute approximate surface area is 83.3 Å². The number of anilines is 2. The molecule has 2 nitrogen and oxygen atoms in total. The van der Waals surface area contributed by atoms with Crippen LogP contribution in [0.4, 0.5) is 15.8 Å². The van der Waals surface area contributed by atoms with Crippen molar-refractivity contribution in [2.45, 2.75) is 25.8 Å². The molecule has 0 saturated heterocycles. The second-order valence-corrected chi connectivity index (χ2v) is 3.89. The van der Waals surface area contributed by atoms with Gasteiger partial charge in [-0.15, -0.1) is 0 Å². The molecule has 14 heavy (non-hydrogen) atoms. The van der Waals surface area contributed by atoms with E-state index in [1.807, 2.05) is 0 Å². The first kappa shape index (κ1) is 9.31. The van der Waals surface area contributed by atoms with Gasteiger partial charge in [-0.25, -0.2) is 4.39 Å². The van der Waals surface area contributed by atoms with Crippen molar-refractivity contribution in [2.75, 3.05) is 11.1 Å². The zero-order valence-corrected chi connectivity index (χ0v) is 8.26. The van der Waals surface area contributed by atoms with Crippen molar-refractivity contribution in [3.63, 3.8) is 0 Å². The van der Waals surface area contributed by atoms with E-state index in [0.717, 1.165) is 11.6 Å². The Morgan fingerprint density at radius 2 is 2.36 bits per heavy atom. The average molecular weight is 194 g/mol. The largest absolute Gasteiger partial charge is 0.397 e. The van der Waals surface area contributed by atoms with Crippen molar-refractivity contribution < 1.29 is 4.39 Å². The van der Waals surface area contributed by atoms with Crippen LogP contribution in [0.5, 0.6) is 0 Å². The minimum absolute atomic E-state index is 0.240. The van der Waals surface area contributed by atoms with Crippen molar-refractivity contribution in [3.8, 4) is 0 Å². The van der Waals surface area contributed by atoms with Gasteiger partial charge in [0, 0.05) is 6.04 Å². The van der Waals surface area contributed by atoms with Gasteiger partial charge in [0.25, 0.3) is 0 Å². The number of nitrogen functional groups attached to an aromatic ring is 1. The van der Waals surface area contributed by atoms with E-state index in [4.69, 9.17) is 5.73 Å². The average Bonchev–Trinajstić information content (AvgIpc) is 2.90. The first-order valence-corrected chi connectivity index (χ1v) is 5.02. The molecule has 0 bridgehead atoms. The summed E-state index contributed by atoms with van der Waals surface area (Å²) in [4.78, 5) is 0. The highest BCUT2D eigenvalue weighted by Gasteiger charge is 2.35. The molecular weight excluding hydrogens is 179 g/mol. The van der Waals surface area contributed by atoms with Crippen LogP contribution in [0.15, 0.2) is 18.2 Å². The van der Waals surface area contributed by atoms with Crippen LogP contribution >= 0.6 is 0 Å². The minimum atomic E-state index is -0.240. The van der Waals surface area contributed by atoms with Crippen molar-refractivity contribution in [3.05, 3.63) is 24.0 Å². The fourth-order valence-electron chi connectivity index (χ4n) is 1.73. The summed E-state index contributed by atoms with van der Waals surface area (Å²) in [6, 6.07) is 4.93. The number of rotatable bonds is 3.